The van der Waals surface area contributed by atoms with Gasteiger partial charge in [-0.1, -0.05) is 44.9 Å². The third-order valence-corrected chi connectivity index (χ3v) is 2.87. The van der Waals surface area contributed by atoms with Crippen molar-refractivity contribution in [3.05, 3.63) is 23.8 Å². The Morgan fingerprint density at radius 2 is 2.00 bits per heavy atom. The normalized spacial score (nSPS) is 15.1. The van der Waals surface area contributed by atoms with E-state index in [2.05, 4.69) is 25.2 Å². The van der Waals surface area contributed by atoms with E-state index in [1.807, 2.05) is 12.2 Å². The molecule has 0 spiro atoms. The van der Waals surface area contributed by atoms with Gasteiger partial charge in [0, 0.05) is 11.6 Å². The van der Waals surface area contributed by atoms with Crippen LogP contribution in [0, 0.1) is 0 Å². The molecule has 16 heavy (non-hydrogen) atoms. The number of hydrogen-bond acceptors (Lipinski definition) is 1. The number of nitrogens with one attached hydrogen (secondary N) is 1. The fraction of sp³-hybridized carbons (Fsp3) is 0.643. The molecule has 0 heterocycles. The number of carbonyl (C=O) groups is 1. The van der Waals surface area contributed by atoms with Crippen LogP contribution in [0.25, 0.3) is 0 Å². The average Bonchev–Trinajstić information content (AvgIpc) is 2.31. The second-order valence-corrected chi connectivity index (χ2v) is 4.39. The topological polar surface area (TPSA) is 29.1 Å². The Hall–Kier alpha value is -1.05. The standard InChI is InChI=1S/C14H23NO/c1-3-8-13(9-4-2)15-14(16)12-10-6-5-7-11-12/h6,10-11,13H,3-5,7-9H2,1-2H3,(H,15,16). The Balaban J connectivity index is 2.47. The van der Waals surface area contributed by atoms with Gasteiger partial charge in [-0.2, -0.15) is 0 Å². The van der Waals surface area contributed by atoms with Crippen LogP contribution in [0.5, 0.6) is 0 Å². The highest BCUT2D eigenvalue weighted by molar-refractivity contribution is 5.96. The van der Waals surface area contributed by atoms with Gasteiger partial charge in [0.15, 0.2) is 0 Å². The van der Waals surface area contributed by atoms with Crippen molar-refractivity contribution in [2.45, 2.75) is 58.4 Å². The summed E-state index contributed by atoms with van der Waals surface area (Å²) in [5.74, 6) is 0.0999. The van der Waals surface area contributed by atoms with Crippen molar-refractivity contribution in [1.29, 1.82) is 0 Å². The van der Waals surface area contributed by atoms with Crippen LogP contribution in [0.2, 0.25) is 0 Å². The Morgan fingerprint density at radius 3 is 2.50 bits per heavy atom. The van der Waals surface area contributed by atoms with E-state index < -0.39 is 0 Å². The zero-order valence-corrected chi connectivity index (χ0v) is 10.5. The molecule has 1 aliphatic rings. The van der Waals surface area contributed by atoms with E-state index in [0.29, 0.717) is 6.04 Å². The maximum absolute atomic E-state index is 11.9. The minimum atomic E-state index is 0.0999. The number of rotatable bonds is 6. The van der Waals surface area contributed by atoms with Crippen molar-refractivity contribution in [2.75, 3.05) is 0 Å². The molecule has 2 nitrogen and oxygen atoms in total. The zero-order chi connectivity index (χ0) is 11.8. The summed E-state index contributed by atoms with van der Waals surface area (Å²) >= 11 is 0. The van der Waals surface area contributed by atoms with Crippen LogP contribution in [0.1, 0.15) is 52.4 Å². The van der Waals surface area contributed by atoms with E-state index >= 15 is 0 Å². The number of hydrogen-bond donors (Lipinski definition) is 1. The molecule has 2 heteroatoms. The Labute approximate surface area is 98.8 Å². The lowest BCUT2D eigenvalue weighted by Crippen LogP contribution is -2.35. The first-order valence-corrected chi connectivity index (χ1v) is 6.45. The first-order chi connectivity index (χ1) is 7.77. The molecule has 0 bridgehead atoms. The Bertz CT molecular complexity index is 272. The third kappa shape index (κ3) is 4.21. The van der Waals surface area contributed by atoms with Gasteiger partial charge in [0.25, 0.3) is 5.91 Å². The molecular weight excluding hydrogens is 198 g/mol. The van der Waals surface area contributed by atoms with Gasteiger partial charge in [0.1, 0.15) is 0 Å². The lowest BCUT2D eigenvalue weighted by Gasteiger charge is -2.18. The van der Waals surface area contributed by atoms with Crippen molar-refractivity contribution in [2.24, 2.45) is 0 Å². The summed E-state index contributed by atoms with van der Waals surface area (Å²) in [4.78, 5) is 11.9. The molecule has 0 aromatic heterocycles. The predicted octanol–water partition coefficient (Wildman–Crippen LogP) is 3.35. The fourth-order valence-electron chi connectivity index (χ4n) is 2.04. The van der Waals surface area contributed by atoms with Gasteiger partial charge in [-0.05, 0) is 25.7 Å². The molecule has 0 radical (unpaired) electrons. The van der Waals surface area contributed by atoms with Gasteiger partial charge in [-0.15, -0.1) is 0 Å². The fourth-order valence-corrected chi connectivity index (χ4v) is 2.04. The molecular formula is C14H23NO. The average molecular weight is 221 g/mol. The van der Waals surface area contributed by atoms with Gasteiger partial charge >= 0.3 is 0 Å². The summed E-state index contributed by atoms with van der Waals surface area (Å²) in [5.41, 5.74) is 0.837. The third-order valence-electron chi connectivity index (χ3n) is 2.87. The SMILES string of the molecule is CCCC(CCC)NC(=O)C1=CCCC=C1. The van der Waals surface area contributed by atoms with Crippen LogP contribution in [0.3, 0.4) is 0 Å². The molecule has 1 rings (SSSR count). The highest BCUT2D eigenvalue weighted by atomic mass is 16.1. The van der Waals surface area contributed by atoms with Crippen LogP contribution < -0.4 is 5.32 Å². The molecule has 1 N–H and O–H groups in total. The predicted molar refractivity (Wildman–Crippen MR) is 68.2 cm³/mol. The quantitative estimate of drug-likeness (QED) is 0.732. The van der Waals surface area contributed by atoms with E-state index in [-0.39, 0.29) is 5.91 Å². The van der Waals surface area contributed by atoms with Gasteiger partial charge in [0.05, 0.1) is 0 Å². The summed E-state index contributed by atoms with van der Waals surface area (Å²) in [6.45, 7) is 4.32. The Kier molecular flexibility index (Phi) is 5.91. The minimum Gasteiger partial charge on any atom is -0.349 e. The van der Waals surface area contributed by atoms with Gasteiger partial charge in [0.2, 0.25) is 0 Å². The number of allylic oxidation sites excluding steroid dienone is 2. The van der Waals surface area contributed by atoms with Crippen molar-refractivity contribution in [3.63, 3.8) is 0 Å². The molecule has 0 saturated carbocycles. The van der Waals surface area contributed by atoms with Crippen LogP contribution in [0.15, 0.2) is 23.8 Å². The smallest absolute Gasteiger partial charge is 0.251 e. The highest BCUT2D eigenvalue weighted by Crippen LogP contribution is 2.11. The molecule has 0 fully saturated rings. The van der Waals surface area contributed by atoms with Crippen LogP contribution >= 0.6 is 0 Å². The maximum atomic E-state index is 11.9. The molecule has 1 amide bonds. The van der Waals surface area contributed by atoms with Crippen molar-refractivity contribution >= 4 is 5.91 Å². The number of amides is 1. The second kappa shape index (κ2) is 7.26. The molecule has 0 unspecified atom stereocenters. The summed E-state index contributed by atoms with van der Waals surface area (Å²) in [5, 5.41) is 3.13. The van der Waals surface area contributed by atoms with Gasteiger partial charge in [-0.3, -0.25) is 4.79 Å². The largest absolute Gasteiger partial charge is 0.349 e. The van der Waals surface area contributed by atoms with Gasteiger partial charge in [-0.25, -0.2) is 0 Å². The first kappa shape index (κ1) is 13.0. The highest BCUT2D eigenvalue weighted by Gasteiger charge is 2.13. The molecule has 0 atom stereocenters. The molecule has 0 aromatic rings. The monoisotopic (exact) mass is 221 g/mol. The maximum Gasteiger partial charge on any atom is 0.251 e. The second-order valence-electron chi connectivity index (χ2n) is 4.39. The molecule has 0 aliphatic heterocycles. The van der Waals surface area contributed by atoms with Crippen molar-refractivity contribution in [3.8, 4) is 0 Å². The summed E-state index contributed by atoms with van der Waals surface area (Å²) < 4.78 is 0. The summed E-state index contributed by atoms with van der Waals surface area (Å²) in [7, 11) is 0. The lowest BCUT2D eigenvalue weighted by molar-refractivity contribution is -0.118. The van der Waals surface area contributed by atoms with Crippen molar-refractivity contribution < 1.29 is 4.79 Å². The van der Waals surface area contributed by atoms with Gasteiger partial charge < -0.3 is 5.32 Å². The summed E-state index contributed by atoms with van der Waals surface area (Å²) in [6, 6.07) is 0.346. The minimum absolute atomic E-state index is 0.0999. The number of carbonyl (C=O) groups excluding carboxylic acids is 1. The van der Waals surface area contributed by atoms with E-state index in [1.165, 1.54) is 0 Å². The molecule has 90 valence electrons. The Morgan fingerprint density at radius 1 is 1.31 bits per heavy atom. The van der Waals surface area contributed by atoms with Crippen LogP contribution in [-0.4, -0.2) is 11.9 Å². The van der Waals surface area contributed by atoms with Crippen LogP contribution in [0.4, 0.5) is 0 Å². The van der Waals surface area contributed by atoms with E-state index in [9.17, 15) is 4.79 Å². The summed E-state index contributed by atoms with van der Waals surface area (Å²) in [6.07, 6.45) is 12.5. The molecule has 0 aromatic carbocycles. The van der Waals surface area contributed by atoms with Crippen LogP contribution in [-0.2, 0) is 4.79 Å². The van der Waals surface area contributed by atoms with E-state index in [0.717, 1.165) is 44.1 Å². The molecule has 1 aliphatic carbocycles. The zero-order valence-electron chi connectivity index (χ0n) is 10.5. The van der Waals surface area contributed by atoms with Crippen molar-refractivity contribution in [1.82, 2.24) is 5.32 Å². The van der Waals surface area contributed by atoms with E-state index in [1.54, 1.807) is 0 Å². The molecule has 0 saturated heterocycles. The lowest BCUT2D eigenvalue weighted by atomic mass is 10.0. The van der Waals surface area contributed by atoms with E-state index in [4.69, 9.17) is 0 Å². The first-order valence-electron chi connectivity index (χ1n) is 6.45.